The van der Waals surface area contributed by atoms with Crippen molar-refractivity contribution in [2.75, 3.05) is 7.05 Å². The molecule has 0 amide bonds. The minimum absolute atomic E-state index is 0.392. The molecule has 0 heterocycles. The van der Waals surface area contributed by atoms with Crippen LogP contribution in [0.15, 0.2) is 36.4 Å². The van der Waals surface area contributed by atoms with E-state index in [0.29, 0.717) is 6.04 Å². The van der Waals surface area contributed by atoms with Crippen molar-refractivity contribution in [3.63, 3.8) is 0 Å². The van der Waals surface area contributed by atoms with Gasteiger partial charge in [-0.05, 0) is 80.0 Å². The monoisotopic (exact) mass is 279 g/mol. The molecule has 0 saturated heterocycles. The first-order chi connectivity index (χ1) is 10.2. The summed E-state index contributed by atoms with van der Waals surface area (Å²) in [5.74, 6) is 0. The minimum atomic E-state index is 0.392. The van der Waals surface area contributed by atoms with Gasteiger partial charge in [-0.15, -0.1) is 0 Å². The quantitative estimate of drug-likeness (QED) is 0.880. The van der Waals surface area contributed by atoms with Crippen molar-refractivity contribution in [3.05, 3.63) is 69.8 Å². The van der Waals surface area contributed by atoms with Crippen LogP contribution in [0.3, 0.4) is 0 Å². The maximum atomic E-state index is 3.48. The van der Waals surface area contributed by atoms with E-state index >= 15 is 0 Å². The molecule has 1 atom stereocenters. The number of benzene rings is 2. The molecule has 0 spiro atoms. The number of aryl methyl sites for hydroxylation is 4. The molecule has 0 saturated carbocycles. The van der Waals surface area contributed by atoms with Crippen LogP contribution in [-0.2, 0) is 19.3 Å². The Morgan fingerprint density at radius 2 is 1.76 bits per heavy atom. The number of hydrogen-bond acceptors (Lipinski definition) is 1. The Balaban J connectivity index is 1.82. The standard InChI is InChI=1S/C20H25N/c1-14-7-9-19(11-15(14)2)20(21-3)13-16-8-10-17-5-4-6-18(17)12-16/h7-12,20-21H,4-6,13H2,1-3H3. The van der Waals surface area contributed by atoms with Crippen molar-refractivity contribution in [1.82, 2.24) is 5.32 Å². The highest BCUT2D eigenvalue weighted by Crippen LogP contribution is 2.26. The molecule has 0 aliphatic heterocycles. The Morgan fingerprint density at radius 1 is 0.952 bits per heavy atom. The first-order valence-corrected chi connectivity index (χ1v) is 8.02. The lowest BCUT2D eigenvalue weighted by Crippen LogP contribution is -2.19. The normalized spacial score (nSPS) is 15.0. The van der Waals surface area contributed by atoms with Crippen LogP contribution >= 0.6 is 0 Å². The number of fused-ring (bicyclic) bond motifs is 1. The fraction of sp³-hybridized carbons (Fsp3) is 0.400. The third-order valence-corrected chi connectivity index (χ3v) is 4.88. The fourth-order valence-corrected chi connectivity index (χ4v) is 3.36. The summed E-state index contributed by atoms with van der Waals surface area (Å²) in [5, 5.41) is 3.48. The van der Waals surface area contributed by atoms with E-state index in [1.165, 1.54) is 41.5 Å². The predicted octanol–water partition coefficient (Wildman–Crippen LogP) is 4.30. The van der Waals surface area contributed by atoms with Crippen LogP contribution in [0.5, 0.6) is 0 Å². The molecule has 1 aliphatic rings. The summed E-state index contributed by atoms with van der Waals surface area (Å²) in [6.07, 6.45) is 4.91. The van der Waals surface area contributed by atoms with E-state index in [4.69, 9.17) is 0 Å². The molecule has 2 aromatic carbocycles. The molecule has 0 aromatic heterocycles. The van der Waals surface area contributed by atoms with Gasteiger partial charge in [0.2, 0.25) is 0 Å². The fourth-order valence-electron chi connectivity index (χ4n) is 3.36. The smallest absolute Gasteiger partial charge is 0.0358 e. The van der Waals surface area contributed by atoms with Gasteiger partial charge >= 0.3 is 0 Å². The SMILES string of the molecule is CNC(Cc1ccc2c(c1)CCC2)c1ccc(C)c(C)c1. The van der Waals surface area contributed by atoms with Gasteiger partial charge in [0.25, 0.3) is 0 Å². The summed E-state index contributed by atoms with van der Waals surface area (Å²) in [4.78, 5) is 0. The number of hydrogen-bond donors (Lipinski definition) is 1. The van der Waals surface area contributed by atoms with Crippen LogP contribution in [-0.4, -0.2) is 7.05 Å². The van der Waals surface area contributed by atoms with E-state index in [1.54, 1.807) is 11.1 Å². The van der Waals surface area contributed by atoms with Gasteiger partial charge in [0, 0.05) is 6.04 Å². The van der Waals surface area contributed by atoms with E-state index in [1.807, 2.05) is 0 Å². The van der Waals surface area contributed by atoms with Crippen LogP contribution in [0.1, 0.15) is 45.8 Å². The Kier molecular flexibility index (Phi) is 4.12. The van der Waals surface area contributed by atoms with Gasteiger partial charge in [0.15, 0.2) is 0 Å². The molecule has 0 radical (unpaired) electrons. The highest BCUT2D eigenvalue weighted by atomic mass is 14.9. The molecule has 1 heteroatoms. The van der Waals surface area contributed by atoms with Crippen LogP contribution in [0, 0.1) is 13.8 Å². The van der Waals surface area contributed by atoms with Crippen molar-refractivity contribution in [2.24, 2.45) is 0 Å². The minimum Gasteiger partial charge on any atom is -0.313 e. The molecular formula is C20H25N. The second-order valence-corrected chi connectivity index (χ2v) is 6.35. The zero-order valence-electron chi connectivity index (χ0n) is 13.4. The molecule has 1 unspecified atom stereocenters. The third-order valence-electron chi connectivity index (χ3n) is 4.88. The van der Waals surface area contributed by atoms with E-state index < -0.39 is 0 Å². The van der Waals surface area contributed by atoms with E-state index in [-0.39, 0.29) is 0 Å². The molecule has 1 nitrogen and oxygen atoms in total. The zero-order chi connectivity index (χ0) is 14.8. The van der Waals surface area contributed by atoms with Crippen LogP contribution in [0.2, 0.25) is 0 Å². The third kappa shape index (κ3) is 3.03. The van der Waals surface area contributed by atoms with Crippen molar-refractivity contribution >= 4 is 0 Å². The summed E-state index contributed by atoms with van der Waals surface area (Å²) >= 11 is 0. The Hall–Kier alpha value is -1.60. The highest BCUT2D eigenvalue weighted by molar-refractivity contribution is 5.37. The lowest BCUT2D eigenvalue weighted by molar-refractivity contribution is 0.591. The Bertz CT molecular complexity index is 642. The number of rotatable bonds is 4. The van der Waals surface area contributed by atoms with Crippen LogP contribution in [0.25, 0.3) is 0 Å². The maximum absolute atomic E-state index is 3.48. The van der Waals surface area contributed by atoms with E-state index in [0.717, 1.165) is 6.42 Å². The van der Waals surface area contributed by atoms with Gasteiger partial charge in [-0.2, -0.15) is 0 Å². The molecule has 0 bridgehead atoms. The predicted molar refractivity (Wildman–Crippen MR) is 89.9 cm³/mol. The zero-order valence-corrected chi connectivity index (χ0v) is 13.4. The number of nitrogens with one attached hydrogen (secondary N) is 1. The molecule has 110 valence electrons. The van der Waals surface area contributed by atoms with E-state index in [2.05, 4.69) is 62.6 Å². The molecule has 3 rings (SSSR count). The summed E-state index contributed by atoms with van der Waals surface area (Å²) in [6, 6.07) is 14.3. The summed E-state index contributed by atoms with van der Waals surface area (Å²) in [5.41, 5.74) is 8.72. The molecule has 0 fully saturated rings. The number of likely N-dealkylation sites (N-methyl/N-ethyl adjacent to an activating group) is 1. The first-order valence-electron chi connectivity index (χ1n) is 8.02. The summed E-state index contributed by atoms with van der Waals surface area (Å²) < 4.78 is 0. The van der Waals surface area contributed by atoms with Gasteiger partial charge in [0.05, 0.1) is 0 Å². The molecule has 21 heavy (non-hydrogen) atoms. The van der Waals surface area contributed by atoms with Gasteiger partial charge in [-0.3, -0.25) is 0 Å². The Labute approximate surface area is 128 Å². The highest BCUT2D eigenvalue weighted by Gasteiger charge is 2.14. The van der Waals surface area contributed by atoms with Crippen LogP contribution < -0.4 is 5.32 Å². The molecule has 2 aromatic rings. The van der Waals surface area contributed by atoms with Gasteiger partial charge < -0.3 is 5.32 Å². The van der Waals surface area contributed by atoms with Crippen molar-refractivity contribution in [3.8, 4) is 0 Å². The summed E-state index contributed by atoms with van der Waals surface area (Å²) in [6.45, 7) is 4.37. The molecular weight excluding hydrogens is 254 g/mol. The van der Waals surface area contributed by atoms with Crippen LogP contribution in [0.4, 0.5) is 0 Å². The summed E-state index contributed by atoms with van der Waals surface area (Å²) in [7, 11) is 2.06. The lowest BCUT2D eigenvalue weighted by Gasteiger charge is -2.18. The van der Waals surface area contributed by atoms with Gasteiger partial charge in [-0.25, -0.2) is 0 Å². The second kappa shape index (κ2) is 6.03. The van der Waals surface area contributed by atoms with Crippen molar-refractivity contribution in [1.29, 1.82) is 0 Å². The first kappa shape index (κ1) is 14.3. The second-order valence-electron chi connectivity index (χ2n) is 6.35. The largest absolute Gasteiger partial charge is 0.313 e. The van der Waals surface area contributed by atoms with Gasteiger partial charge in [0.1, 0.15) is 0 Å². The Morgan fingerprint density at radius 3 is 2.52 bits per heavy atom. The maximum Gasteiger partial charge on any atom is 0.0358 e. The molecule has 1 aliphatic carbocycles. The average molecular weight is 279 g/mol. The van der Waals surface area contributed by atoms with Gasteiger partial charge in [-0.1, -0.05) is 36.4 Å². The van der Waals surface area contributed by atoms with E-state index in [9.17, 15) is 0 Å². The lowest BCUT2D eigenvalue weighted by atomic mass is 9.94. The van der Waals surface area contributed by atoms with Crippen molar-refractivity contribution < 1.29 is 0 Å². The topological polar surface area (TPSA) is 12.0 Å². The van der Waals surface area contributed by atoms with Crippen molar-refractivity contribution in [2.45, 2.75) is 45.6 Å². The average Bonchev–Trinajstić information content (AvgIpc) is 2.95. The molecule has 1 N–H and O–H groups in total.